The van der Waals surface area contributed by atoms with Crippen LogP contribution in [0.2, 0.25) is 0 Å². The largest absolute Gasteiger partial charge is 0.462 e. The van der Waals surface area contributed by atoms with E-state index in [1.54, 1.807) is 0 Å². The quantitative estimate of drug-likeness (QED) is 0.0261. The molecule has 0 saturated heterocycles. The molecule has 0 aliphatic carbocycles. The number of carbonyl (C=O) groups is 3. The van der Waals surface area contributed by atoms with Crippen molar-refractivity contribution in [2.24, 2.45) is 0 Å². The molecule has 0 amide bonds. The molecule has 0 rings (SSSR count). The Bertz CT molecular complexity index is 1480. The van der Waals surface area contributed by atoms with Gasteiger partial charge in [0.1, 0.15) is 13.2 Å². The van der Waals surface area contributed by atoms with Gasteiger partial charge in [-0.15, -0.1) is 0 Å². The Morgan fingerprint density at radius 3 is 0.827 bits per heavy atom. The SMILES string of the molecule is CC/C=C\C/C=C\C/C=C\C/C=C\C/C=C\C/C=C\C/C=C\CCCCCCCC(=O)OCC(COC(=O)CCCCCCCCCCCCCCC)OC(=O)CCCCCCCCC/C=C\CCCCCCCC. The van der Waals surface area contributed by atoms with E-state index < -0.39 is 6.10 Å². The van der Waals surface area contributed by atoms with Gasteiger partial charge in [0, 0.05) is 19.3 Å². The van der Waals surface area contributed by atoms with E-state index in [0.717, 1.165) is 122 Å². The average Bonchev–Trinajstić information content (AvgIpc) is 3.41. The van der Waals surface area contributed by atoms with Gasteiger partial charge in [0.2, 0.25) is 0 Å². The van der Waals surface area contributed by atoms with Crippen molar-refractivity contribution < 1.29 is 28.6 Å². The molecule has 0 aromatic heterocycles. The molecule has 0 heterocycles. The van der Waals surface area contributed by atoms with Crippen molar-refractivity contribution in [3.05, 3.63) is 97.2 Å². The van der Waals surface area contributed by atoms with Crippen molar-refractivity contribution in [1.82, 2.24) is 0 Å². The van der Waals surface area contributed by atoms with Crippen LogP contribution in [0.5, 0.6) is 0 Å². The van der Waals surface area contributed by atoms with E-state index in [-0.39, 0.29) is 31.1 Å². The molecule has 0 aromatic carbocycles. The third-order valence-electron chi connectivity index (χ3n) is 13.6. The molecule has 0 aliphatic rings. The molecule has 0 aromatic rings. The van der Waals surface area contributed by atoms with E-state index in [0.29, 0.717) is 19.3 Å². The summed E-state index contributed by atoms with van der Waals surface area (Å²) in [6.45, 7) is 6.53. The van der Waals surface area contributed by atoms with E-state index in [1.807, 2.05) is 0 Å². The van der Waals surface area contributed by atoms with Crippen LogP contribution in [0.4, 0.5) is 0 Å². The lowest BCUT2D eigenvalue weighted by atomic mass is 10.0. The molecule has 0 spiro atoms. The second-order valence-corrected chi connectivity index (χ2v) is 20.9. The molecule has 1 atom stereocenters. The summed E-state index contributed by atoms with van der Waals surface area (Å²) >= 11 is 0. The number of carbonyl (C=O) groups excluding carboxylic acids is 3. The summed E-state index contributed by atoms with van der Waals surface area (Å²) in [5, 5.41) is 0. The van der Waals surface area contributed by atoms with Crippen molar-refractivity contribution >= 4 is 17.9 Å². The molecule has 0 radical (unpaired) electrons. The second kappa shape index (κ2) is 62.9. The highest BCUT2D eigenvalue weighted by Gasteiger charge is 2.19. The number of allylic oxidation sites excluding steroid dienone is 16. The van der Waals surface area contributed by atoms with Gasteiger partial charge in [0.05, 0.1) is 0 Å². The molecule has 0 N–H and O–H groups in total. The van der Waals surface area contributed by atoms with Crippen LogP contribution < -0.4 is 0 Å². The fourth-order valence-electron chi connectivity index (χ4n) is 8.83. The van der Waals surface area contributed by atoms with Crippen molar-refractivity contribution in [1.29, 1.82) is 0 Å². The first-order valence-electron chi connectivity index (χ1n) is 31.7. The van der Waals surface area contributed by atoms with E-state index in [2.05, 4.69) is 118 Å². The predicted octanol–water partition coefficient (Wildman–Crippen LogP) is 21.7. The topological polar surface area (TPSA) is 78.9 Å². The lowest BCUT2D eigenvalue weighted by Crippen LogP contribution is -2.30. The first-order chi connectivity index (χ1) is 37.0. The summed E-state index contributed by atoms with van der Waals surface area (Å²) in [7, 11) is 0. The first kappa shape index (κ1) is 71.3. The number of rotatable bonds is 57. The number of hydrogen-bond donors (Lipinski definition) is 0. The summed E-state index contributed by atoms with van der Waals surface area (Å²) < 4.78 is 16.9. The van der Waals surface area contributed by atoms with Crippen molar-refractivity contribution in [2.75, 3.05) is 13.2 Å². The predicted molar refractivity (Wildman–Crippen MR) is 325 cm³/mol. The van der Waals surface area contributed by atoms with Gasteiger partial charge in [-0.05, 0) is 103 Å². The monoisotopic (exact) mass is 1040 g/mol. The molecule has 0 aliphatic heterocycles. The maximum absolute atomic E-state index is 12.9. The number of hydrogen-bond acceptors (Lipinski definition) is 6. The summed E-state index contributed by atoms with van der Waals surface area (Å²) in [5.41, 5.74) is 0. The van der Waals surface area contributed by atoms with Crippen LogP contribution in [0, 0.1) is 0 Å². The third-order valence-corrected chi connectivity index (χ3v) is 13.6. The zero-order valence-electron chi connectivity index (χ0n) is 49.3. The van der Waals surface area contributed by atoms with E-state index in [4.69, 9.17) is 14.2 Å². The lowest BCUT2D eigenvalue weighted by Gasteiger charge is -2.18. The summed E-state index contributed by atoms with van der Waals surface area (Å²) in [4.78, 5) is 38.3. The minimum Gasteiger partial charge on any atom is -0.462 e. The Morgan fingerprint density at radius 1 is 0.280 bits per heavy atom. The standard InChI is InChI=1S/C69H118O6/c1-4-7-10-13-16-19-22-25-27-29-30-31-32-33-34-35-36-37-38-40-41-44-47-50-53-56-59-62-68(71)74-65-66(64-73-67(70)61-58-55-52-49-46-43-24-21-18-15-12-9-6-3)75-69(72)63-60-57-54-51-48-45-42-39-28-26-23-20-17-14-11-8-5-2/h7,10,16,19,25-28,30-31,33-34,36-37,40-41,66H,4-6,8-9,11-15,17-18,20-24,29,32,35,38-39,42-65H2,1-3H3/b10-7-,19-16-,27-25-,28-26-,31-30-,34-33-,37-36-,41-40-. The van der Waals surface area contributed by atoms with Crippen molar-refractivity contribution in [3.8, 4) is 0 Å². The van der Waals surface area contributed by atoms with Crippen molar-refractivity contribution in [2.45, 2.75) is 309 Å². The molecule has 0 fully saturated rings. The maximum atomic E-state index is 12.9. The van der Waals surface area contributed by atoms with Gasteiger partial charge >= 0.3 is 17.9 Å². The number of unbranched alkanes of at least 4 members (excludes halogenated alkanes) is 30. The van der Waals surface area contributed by atoms with Crippen LogP contribution in [0.25, 0.3) is 0 Å². The summed E-state index contributed by atoms with van der Waals surface area (Å²) in [6, 6.07) is 0. The minimum absolute atomic E-state index is 0.0830. The molecule has 0 saturated carbocycles. The Kier molecular flexibility index (Phi) is 59.8. The van der Waals surface area contributed by atoms with Gasteiger partial charge in [0.15, 0.2) is 6.10 Å². The van der Waals surface area contributed by atoms with Gasteiger partial charge in [-0.2, -0.15) is 0 Å². The zero-order valence-corrected chi connectivity index (χ0v) is 49.3. The van der Waals surface area contributed by atoms with E-state index >= 15 is 0 Å². The van der Waals surface area contributed by atoms with Crippen LogP contribution in [0.3, 0.4) is 0 Å². The fourth-order valence-corrected chi connectivity index (χ4v) is 8.83. The van der Waals surface area contributed by atoms with Gasteiger partial charge in [0.25, 0.3) is 0 Å². The summed E-state index contributed by atoms with van der Waals surface area (Å²) in [5.74, 6) is -0.897. The van der Waals surface area contributed by atoms with Crippen LogP contribution in [0.15, 0.2) is 97.2 Å². The van der Waals surface area contributed by atoms with Crippen LogP contribution in [-0.2, 0) is 28.6 Å². The molecule has 0 bridgehead atoms. The highest BCUT2D eigenvalue weighted by molar-refractivity contribution is 5.71. The highest BCUT2D eigenvalue weighted by atomic mass is 16.6. The molecule has 75 heavy (non-hydrogen) atoms. The Balaban J connectivity index is 4.36. The van der Waals surface area contributed by atoms with Crippen LogP contribution >= 0.6 is 0 Å². The number of esters is 3. The van der Waals surface area contributed by atoms with Crippen LogP contribution in [0.1, 0.15) is 303 Å². The average molecular weight is 1040 g/mol. The fraction of sp³-hybridized carbons (Fsp3) is 0.725. The van der Waals surface area contributed by atoms with Crippen LogP contribution in [-0.4, -0.2) is 37.2 Å². The Labute approximate surface area is 464 Å². The second-order valence-electron chi connectivity index (χ2n) is 20.9. The molecular formula is C69H118O6. The van der Waals surface area contributed by atoms with Gasteiger partial charge < -0.3 is 14.2 Å². The van der Waals surface area contributed by atoms with Gasteiger partial charge in [-0.1, -0.05) is 279 Å². The normalized spacial score (nSPS) is 12.7. The van der Waals surface area contributed by atoms with Gasteiger partial charge in [-0.3, -0.25) is 14.4 Å². The van der Waals surface area contributed by atoms with Crippen molar-refractivity contribution in [3.63, 3.8) is 0 Å². The molecular weight excluding hydrogens is 925 g/mol. The first-order valence-corrected chi connectivity index (χ1v) is 31.7. The molecule has 430 valence electrons. The highest BCUT2D eigenvalue weighted by Crippen LogP contribution is 2.16. The van der Waals surface area contributed by atoms with E-state index in [1.165, 1.54) is 141 Å². The molecule has 1 unspecified atom stereocenters. The Morgan fingerprint density at radius 2 is 0.520 bits per heavy atom. The Hall–Kier alpha value is -3.67. The number of ether oxygens (including phenoxy) is 3. The third kappa shape index (κ3) is 61.1. The van der Waals surface area contributed by atoms with Gasteiger partial charge in [-0.25, -0.2) is 0 Å². The molecule has 6 nitrogen and oxygen atoms in total. The summed E-state index contributed by atoms with van der Waals surface area (Å²) in [6.07, 6.45) is 84.0. The lowest BCUT2D eigenvalue weighted by molar-refractivity contribution is -0.167. The maximum Gasteiger partial charge on any atom is 0.306 e. The smallest absolute Gasteiger partial charge is 0.306 e. The zero-order chi connectivity index (χ0) is 54.3. The minimum atomic E-state index is -0.788. The van der Waals surface area contributed by atoms with E-state index in [9.17, 15) is 14.4 Å². The molecule has 6 heteroatoms.